The van der Waals surface area contributed by atoms with Gasteiger partial charge >= 0.3 is 13.8 Å². The molecule has 0 radical (unpaired) electrons. The minimum atomic E-state index is -3.98. The van der Waals surface area contributed by atoms with Gasteiger partial charge in [0.1, 0.15) is 11.3 Å². The summed E-state index contributed by atoms with van der Waals surface area (Å²) in [7, 11) is -3.98. The molecule has 1 aromatic rings. The zero-order valence-electron chi connectivity index (χ0n) is 11.3. The fourth-order valence-electron chi connectivity index (χ4n) is 1.40. The summed E-state index contributed by atoms with van der Waals surface area (Å²) < 4.78 is 26.9. The number of hydrogen-bond acceptors (Lipinski definition) is 7. The van der Waals surface area contributed by atoms with E-state index < -0.39 is 30.0 Å². The number of phosphoric acid groups is 1. The van der Waals surface area contributed by atoms with Crippen LogP contribution in [0.5, 0.6) is 5.75 Å². The highest BCUT2D eigenvalue weighted by molar-refractivity contribution is 7.48. The Morgan fingerprint density at radius 2 is 1.90 bits per heavy atom. The van der Waals surface area contributed by atoms with E-state index in [2.05, 4.69) is 0 Å². The van der Waals surface area contributed by atoms with Crippen molar-refractivity contribution in [1.82, 2.24) is 0 Å². The second-order valence-electron chi connectivity index (χ2n) is 3.62. The molecule has 0 saturated heterocycles. The molecule has 116 valence electrons. The molecule has 0 aliphatic rings. The van der Waals surface area contributed by atoms with Crippen LogP contribution in [-0.2, 0) is 13.6 Å². The van der Waals surface area contributed by atoms with E-state index >= 15 is 0 Å². The van der Waals surface area contributed by atoms with E-state index in [1.807, 2.05) is 0 Å². The lowest BCUT2D eigenvalue weighted by atomic mass is 10.2. The Hall–Kier alpha value is -1.96. The number of carboxylic acid groups (broad SMARTS) is 1. The van der Waals surface area contributed by atoms with Crippen molar-refractivity contribution in [3.8, 4) is 5.75 Å². The second kappa shape index (κ2) is 7.16. The Labute approximate surface area is 120 Å². The third-order valence-electron chi connectivity index (χ3n) is 2.19. The molecule has 0 spiro atoms. The van der Waals surface area contributed by atoms with Crippen LogP contribution in [0.15, 0.2) is 18.2 Å². The molecule has 0 bridgehead atoms. The number of carboxylic acids is 1. The Morgan fingerprint density at radius 3 is 2.33 bits per heavy atom. The Balaban J connectivity index is 3.20. The molecule has 0 heterocycles. The molecule has 9 nitrogen and oxygen atoms in total. The van der Waals surface area contributed by atoms with Gasteiger partial charge < -0.3 is 9.63 Å². The average Bonchev–Trinajstić information content (AvgIpc) is 2.38. The van der Waals surface area contributed by atoms with Gasteiger partial charge in [0, 0.05) is 12.1 Å². The molecule has 1 aromatic carbocycles. The molecule has 0 aliphatic carbocycles. The third-order valence-corrected chi connectivity index (χ3v) is 3.76. The van der Waals surface area contributed by atoms with Gasteiger partial charge in [0.05, 0.1) is 18.1 Å². The first kappa shape index (κ1) is 17.1. The first-order chi connectivity index (χ1) is 9.83. The first-order valence-corrected chi connectivity index (χ1v) is 7.39. The number of nitrogens with zero attached hydrogens (tertiary/aromatic N) is 1. The van der Waals surface area contributed by atoms with Crippen molar-refractivity contribution < 1.29 is 33.0 Å². The topological polar surface area (TPSA) is 125 Å². The number of rotatable bonds is 8. The summed E-state index contributed by atoms with van der Waals surface area (Å²) in [5, 5.41) is 19.7. The van der Waals surface area contributed by atoms with Crippen LogP contribution in [0, 0.1) is 10.1 Å². The molecular formula is C11H14NO8P. The van der Waals surface area contributed by atoms with Crippen molar-refractivity contribution in [3.63, 3.8) is 0 Å². The smallest absolute Gasteiger partial charge is 0.478 e. The monoisotopic (exact) mass is 319 g/mol. The Bertz CT molecular complexity index is 578. The van der Waals surface area contributed by atoms with Crippen LogP contribution in [0.1, 0.15) is 24.2 Å². The van der Waals surface area contributed by atoms with Crippen molar-refractivity contribution in [2.45, 2.75) is 13.8 Å². The molecular weight excluding hydrogens is 305 g/mol. The van der Waals surface area contributed by atoms with Gasteiger partial charge in [-0.2, -0.15) is 0 Å². The van der Waals surface area contributed by atoms with Gasteiger partial charge in [-0.1, -0.05) is 0 Å². The summed E-state index contributed by atoms with van der Waals surface area (Å²) in [6.45, 7) is 3.16. The van der Waals surface area contributed by atoms with Crippen molar-refractivity contribution in [3.05, 3.63) is 33.9 Å². The summed E-state index contributed by atoms with van der Waals surface area (Å²) in [5.74, 6) is -1.80. The molecule has 0 unspecified atom stereocenters. The van der Waals surface area contributed by atoms with E-state index in [0.29, 0.717) is 0 Å². The van der Waals surface area contributed by atoms with Crippen molar-refractivity contribution in [1.29, 1.82) is 0 Å². The second-order valence-corrected chi connectivity index (χ2v) is 5.21. The van der Waals surface area contributed by atoms with Gasteiger partial charge in [0.2, 0.25) is 0 Å². The van der Waals surface area contributed by atoms with Crippen molar-refractivity contribution in [2.24, 2.45) is 0 Å². The number of nitro groups is 1. The van der Waals surface area contributed by atoms with E-state index in [1.54, 1.807) is 13.8 Å². The lowest BCUT2D eigenvalue weighted by molar-refractivity contribution is -0.384. The fraction of sp³-hybridized carbons (Fsp3) is 0.364. The molecule has 10 heteroatoms. The van der Waals surface area contributed by atoms with Gasteiger partial charge in [-0.3, -0.25) is 19.2 Å². The van der Waals surface area contributed by atoms with Crippen LogP contribution >= 0.6 is 7.82 Å². The maximum Gasteiger partial charge on any atom is 0.530 e. The SMILES string of the molecule is CCOP(=O)(OCC)Oc1ccc([N+](=O)[O-])cc1C(=O)O. The standard InChI is InChI=1S/C11H14NO8P/c1-3-18-21(17,19-4-2)20-10-6-5-8(12(15)16)7-9(10)11(13)14/h5-7H,3-4H2,1-2H3,(H,13,14). The minimum Gasteiger partial charge on any atom is -0.478 e. The predicted molar refractivity (Wildman–Crippen MR) is 71.5 cm³/mol. The minimum absolute atomic E-state index is 0.0205. The summed E-state index contributed by atoms with van der Waals surface area (Å²) in [4.78, 5) is 21.0. The van der Waals surface area contributed by atoms with E-state index in [9.17, 15) is 19.5 Å². The van der Waals surface area contributed by atoms with Crippen LogP contribution in [-0.4, -0.2) is 29.2 Å². The average molecular weight is 319 g/mol. The lowest BCUT2D eigenvalue weighted by Gasteiger charge is -2.17. The first-order valence-electron chi connectivity index (χ1n) is 5.93. The lowest BCUT2D eigenvalue weighted by Crippen LogP contribution is -2.07. The Morgan fingerprint density at radius 1 is 1.33 bits per heavy atom. The summed E-state index contributed by atoms with van der Waals surface area (Å²) in [6.07, 6.45) is 0. The normalized spacial score (nSPS) is 11.1. The van der Waals surface area contributed by atoms with Crippen LogP contribution < -0.4 is 4.52 Å². The van der Waals surface area contributed by atoms with Crippen molar-refractivity contribution >= 4 is 19.5 Å². The van der Waals surface area contributed by atoms with E-state index in [4.69, 9.17) is 18.7 Å². The van der Waals surface area contributed by atoms with E-state index in [-0.39, 0.29) is 19.0 Å². The number of phosphoric ester groups is 1. The van der Waals surface area contributed by atoms with Gasteiger partial charge in [0.15, 0.2) is 0 Å². The third kappa shape index (κ3) is 4.52. The van der Waals surface area contributed by atoms with Gasteiger partial charge in [-0.15, -0.1) is 0 Å². The molecule has 0 atom stereocenters. The highest BCUT2D eigenvalue weighted by atomic mass is 31.2. The highest BCUT2D eigenvalue weighted by Gasteiger charge is 2.30. The molecule has 0 saturated carbocycles. The van der Waals surface area contributed by atoms with Crippen LogP contribution in [0.4, 0.5) is 5.69 Å². The highest BCUT2D eigenvalue weighted by Crippen LogP contribution is 2.50. The number of hydrogen-bond donors (Lipinski definition) is 1. The predicted octanol–water partition coefficient (Wildman–Crippen LogP) is 2.85. The molecule has 0 aliphatic heterocycles. The van der Waals surface area contributed by atoms with Gasteiger partial charge in [-0.05, 0) is 19.9 Å². The maximum atomic E-state index is 12.2. The maximum absolute atomic E-state index is 12.2. The van der Waals surface area contributed by atoms with Crippen molar-refractivity contribution in [2.75, 3.05) is 13.2 Å². The number of nitro benzene ring substituents is 1. The summed E-state index contributed by atoms with van der Waals surface area (Å²) in [5.41, 5.74) is -0.939. The van der Waals surface area contributed by atoms with E-state index in [1.165, 1.54) is 0 Å². The number of benzene rings is 1. The Kier molecular flexibility index (Phi) is 5.83. The quantitative estimate of drug-likeness (QED) is 0.440. The number of non-ortho nitro benzene ring substituents is 1. The van der Waals surface area contributed by atoms with Crippen LogP contribution in [0.3, 0.4) is 0 Å². The number of aromatic carboxylic acids is 1. The zero-order valence-corrected chi connectivity index (χ0v) is 12.2. The van der Waals surface area contributed by atoms with Gasteiger partial charge in [0.25, 0.3) is 5.69 Å². The summed E-state index contributed by atoms with van der Waals surface area (Å²) >= 11 is 0. The summed E-state index contributed by atoms with van der Waals surface area (Å²) in [6, 6.07) is 2.87. The number of carbonyl (C=O) groups is 1. The molecule has 0 fully saturated rings. The van der Waals surface area contributed by atoms with E-state index in [0.717, 1.165) is 18.2 Å². The van der Waals surface area contributed by atoms with Gasteiger partial charge in [-0.25, -0.2) is 9.36 Å². The fourth-order valence-corrected chi connectivity index (χ4v) is 2.62. The molecule has 0 amide bonds. The zero-order chi connectivity index (χ0) is 16.0. The van der Waals surface area contributed by atoms with Crippen LogP contribution in [0.25, 0.3) is 0 Å². The van der Waals surface area contributed by atoms with Crippen LogP contribution in [0.2, 0.25) is 0 Å². The largest absolute Gasteiger partial charge is 0.530 e. The molecule has 21 heavy (non-hydrogen) atoms. The molecule has 0 aromatic heterocycles. The molecule has 1 rings (SSSR count). The molecule has 1 N–H and O–H groups in total.